The van der Waals surface area contributed by atoms with Gasteiger partial charge in [-0.3, -0.25) is 0 Å². The summed E-state index contributed by atoms with van der Waals surface area (Å²) in [7, 11) is 0. The molecule has 0 spiro atoms. The summed E-state index contributed by atoms with van der Waals surface area (Å²) in [6.07, 6.45) is -2.75. The molecule has 3 N–H and O–H groups in total. The summed E-state index contributed by atoms with van der Waals surface area (Å²) in [5.41, 5.74) is -29.4. The molecule has 31 heavy (non-hydrogen) atoms. The van der Waals surface area contributed by atoms with Crippen molar-refractivity contribution < 1.29 is 81.5 Å². The standard InChI is InChI=1S/C13H8F14O4/c14-4-8(16,17)5(15)10(20,21)6(30,9(4,18)19)13(26,27)7(11(4,22)23,12(5,24)25)31-2-3(29)1-28/h3,28-30H,1-2H2. The minimum absolute atomic E-state index is 1.70. The van der Waals surface area contributed by atoms with Crippen LogP contribution in [-0.4, -0.2) is 92.7 Å². The number of halogens is 14. The van der Waals surface area contributed by atoms with Crippen molar-refractivity contribution in [1.82, 2.24) is 0 Å². The van der Waals surface area contributed by atoms with Crippen LogP contribution in [0.2, 0.25) is 0 Å². The lowest BCUT2D eigenvalue weighted by Crippen LogP contribution is -3.10. The molecule has 0 radical (unpaired) electrons. The van der Waals surface area contributed by atoms with E-state index < -0.39 is 77.4 Å². The Morgan fingerprint density at radius 1 is 0.581 bits per heavy atom. The third-order valence-corrected chi connectivity index (χ3v) is 5.99. The van der Waals surface area contributed by atoms with Crippen LogP contribution >= 0.6 is 0 Å². The lowest BCUT2D eigenvalue weighted by molar-refractivity contribution is -0.627. The number of rotatable bonds is 4. The Morgan fingerprint density at radius 3 is 1.26 bits per heavy atom. The van der Waals surface area contributed by atoms with Crippen LogP contribution in [0.5, 0.6) is 0 Å². The lowest BCUT2D eigenvalue weighted by atomic mass is 9.39. The van der Waals surface area contributed by atoms with Crippen molar-refractivity contribution in [2.45, 2.75) is 64.2 Å². The number of alkyl halides is 14. The predicted octanol–water partition coefficient (Wildman–Crippen LogP) is 2.10. The second-order valence-corrected chi connectivity index (χ2v) is 7.30. The van der Waals surface area contributed by atoms with Crippen LogP contribution in [0, 0.1) is 0 Å². The fourth-order valence-corrected chi connectivity index (χ4v) is 4.39. The molecule has 4 saturated carbocycles. The first-order chi connectivity index (χ1) is 13.5. The first-order valence-corrected chi connectivity index (χ1v) is 7.75. The van der Waals surface area contributed by atoms with E-state index in [1.54, 1.807) is 0 Å². The van der Waals surface area contributed by atoms with Crippen LogP contribution in [0.4, 0.5) is 61.5 Å². The Kier molecular flexibility index (Phi) is 4.21. The van der Waals surface area contributed by atoms with E-state index in [0.717, 1.165) is 0 Å². The Balaban J connectivity index is 2.59. The summed E-state index contributed by atoms with van der Waals surface area (Å²) in [5, 5.41) is 26.8. The summed E-state index contributed by atoms with van der Waals surface area (Å²) in [6, 6.07) is 0. The topological polar surface area (TPSA) is 69.9 Å². The van der Waals surface area contributed by atoms with Gasteiger partial charge in [0.25, 0.3) is 11.2 Å². The first-order valence-electron chi connectivity index (χ1n) is 7.75. The van der Waals surface area contributed by atoms with Gasteiger partial charge in [0.15, 0.2) is 0 Å². The highest BCUT2D eigenvalue weighted by Gasteiger charge is 3.22. The van der Waals surface area contributed by atoms with Gasteiger partial charge in [0.05, 0.1) is 13.2 Å². The Bertz CT molecular complexity index is 699. The summed E-state index contributed by atoms with van der Waals surface area (Å²) in [6.45, 7) is -4.16. The molecular formula is C13H8F14O4. The molecule has 0 saturated heterocycles. The molecule has 4 aliphatic carbocycles. The molecule has 3 atom stereocenters. The van der Waals surface area contributed by atoms with Crippen molar-refractivity contribution in [2.24, 2.45) is 0 Å². The highest BCUT2D eigenvalue weighted by atomic mass is 19.3. The van der Waals surface area contributed by atoms with Crippen molar-refractivity contribution >= 4 is 0 Å². The molecule has 0 heterocycles. The van der Waals surface area contributed by atoms with Crippen molar-refractivity contribution in [3.8, 4) is 0 Å². The second kappa shape index (κ2) is 5.32. The number of aliphatic hydroxyl groups is 3. The van der Waals surface area contributed by atoms with Crippen molar-refractivity contribution in [3.05, 3.63) is 0 Å². The minimum atomic E-state index is -7.80. The van der Waals surface area contributed by atoms with Gasteiger partial charge >= 0.3 is 46.9 Å². The third-order valence-electron chi connectivity index (χ3n) is 5.99. The van der Waals surface area contributed by atoms with Crippen molar-refractivity contribution in [2.75, 3.05) is 13.2 Å². The van der Waals surface area contributed by atoms with Gasteiger partial charge in [-0.05, 0) is 0 Å². The highest BCUT2D eigenvalue weighted by molar-refractivity contribution is 5.54. The molecule has 4 aliphatic rings. The number of hydrogen-bond acceptors (Lipinski definition) is 4. The van der Waals surface area contributed by atoms with Crippen LogP contribution < -0.4 is 0 Å². The van der Waals surface area contributed by atoms with Gasteiger partial charge in [-0.1, -0.05) is 0 Å². The molecule has 0 aliphatic heterocycles. The summed E-state index contributed by atoms with van der Waals surface area (Å²) >= 11 is 0. The van der Waals surface area contributed by atoms with E-state index in [9.17, 15) is 66.6 Å². The Morgan fingerprint density at radius 2 is 0.935 bits per heavy atom. The van der Waals surface area contributed by atoms with E-state index >= 15 is 0 Å². The molecule has 18 heteroatoms. The molecule has 0 aromatic carbocycles. The van der Waals surface area contributed by atoms with Gasteiger partial charge in [0, 0.05) is 0 Å². The summed E-state index contributed by atoms with van der Waals surface area (Å²) in [4.78, 5) is 0. The minimum Gasteiger partial charge on any atom is -0.394 e. The summed E-state index contributed by atoms with van der Waals surface area (Å²) < 4.78 is 206. The normalized spacial score (nSPS) is 47.9. The molecule has 0 amide bonds. The van der Waals surface area contributed by atoms with Crippen LogP contribution in [0.3, 0.4) is 0 Å². The van der Waals surface area contributed by atoms with Crippen LogP contribution in [0.1, 0.15) is 0 Å². The van der Waals surface area contributed by atoms with E-state index in [1.165, 1.54) is 0 Å². The maximum atomic E-state index is 14.7. The van der Waals surface area contributed by atoms with Gasteiger partial charge in [-0.2, -0.15) is 52.7 Å². The van der Waals surface area contributed by atoms with Crippen LogP contribution in [-0.2, 0) is 4.74 Å². The average Bonchev–Trinajstić information content (AvgIpc) is 2.61. The fraction of sp³-hybridized carbons (Fsp3) is 1.00. The van der Waals surface area contributed by atoms with Gasteiger partial charge in [0.1, 0.15) is 6.10 Å². The lowest BCUT2D eigenvalue weighted by Gasteiger charge is -2.75. The number of hydrogen-bond donors (Lipinski definition) is 3. The van der Waals surface area contributed by atoms with Crippen LogP contribution in [0.25, 0.3) is 0 Å². The largest absolute Gasteiger partial charge is 0.394 e. The average molecular weight is 494 g/mol. The number of aliphatic hydroxyl groups excluding tert-OH is 2. The molecule has 4 fully saturated rings. The van der Waals surface area contributed by atoms with E-state index in [4.69, 9.17) is 10.2 Å². The second-order valence-electron chi connectivity index (χ2n) is 7.30. The van der Waals surface area contributed by atoms with Gasteiger partial charge in [-0.25, -0.2) is 8.78 Å². The molecule has 182 valence electrons. The maximum absolute atomic E-state index is 14.7. The van der Waals surface area contributed by atoms with E-state index in [1.807, 2.05) is 0 Å². The molecule has 3 unspecified atom stereocenters. The monoisotopic (exact) mass is 494 g/mol. The molecule has 4 rings (SSSR count). The quantitative estimate of drug-likeness (QED) is 0.524. The van der Waals surface area contributed by atoms with Crippen molar-refractivity contribution in [3.63, 3.8) is 0 Å². The molecule has 4 nitrogen and oxygen atoms in total. The Hall–Kier alpha value is -1.14. The molecular weight excluding hydrogens is 486 g/mol. The van der Waals surface area contributed by atoms with Crippen molar-refractivity contribution in [1.29, 1.82) is 0 Å². The maximum Gasteiger partial charge on any atom is 0.339 e. The SMILES string of the molecule is OCC(O)COC12C(F)(F)C3(O)C(F)(F)C(F)(C(F)(F)C(F)(C3(F)F)C1(F)F)C2(F)F. The third kappa shape index (κ3) is 1.58. The zero-order chi connectivity index (χ0) is 24.7. The highest BCUT2D eigenvalue weighted by Crippen LogP contribution is 2.87. The van der Waals surface area contributed by atoms with E-state index in [-0.39, 0.29) is 0 Å². The van der Waals surface area contributed by atoms with Gasteiger partial charge in [0.2, 0.25) is 0 Å². The predicted molar refractivity (Wildman–Crippen MR) is 64.1 cm³/mol. The van der Waals surface area contributed by atoms with Crippen LogP contribution in [0.15, 0.2) is 0 Å². The van der Waals surface area contributed by atoms with E-state index in [2.05, 4.69) is 4.74 Å². The zero-order valence-electron chi connectivity index (χ0n) is 14.0. The molecule has 4 bridgehead atoms. The van der Waals surface area contributed by atoms with Gasteiger partial charge < -0.3 is 20.1 Å². The smallest absolute Gasteiger partial charge is 0.339 e. The first kappa shape index (κ1) is 24.5. The molecule has 0 aromatic rings. The Labute approximate surface area is 160 Å². The van der Waals surface area contributed by atoms with E-state index in [0.29, 0.717) is 0 Å². The molecule has 0 aromatic heterocycles. The summed E-state index contributed by atoms with van der Waals surface area (Å²) in [5.74, 6) is -45.7. The fourth-order valence-electron chi connectivity index (χ4n) is 4.39. The zero-order valence-corrected chi connectivity index (χ0v) is 14.0. The van der Waals surface area contributed by atoms with Gasteiger partial charge in [-0.15, -0.1) is 0 Å². The number of ether oxygens (including phenoxy) is 1.